The van der Waals surface area contributed by atoms with Crippen LogP contribution in [0, 0.1) is 5.82 Å². The van der Waals surface area contributed by atoms with E-state index in [1.54, 1.807) is 0 Å². The molecule has 6 nitrogen and oxygen atoms in total. The number of aromatic nitrogens is 4. The highest BCUT2D eigenvalue weighted by atomic mass is 19.1. The highest BCUT2D eigenvalue weighted by Gasteiger charge is 2.30. The van der Waals surface area contributed by atoms with Gasteiger partial charge >= 0.3 is 0 Å². The molecule has 0 radical (unpaired) electrons. The summed E-state index contributed by atoms with van der Waals surface area (Å²) in [7, 11) is 0. The van der Waals surface area contributed by atoms with E-state index in [2.05, 4.69) is 27.0 Å². The normalized spacial score (nSPS) is 33.9. The Hall–Kier alpha value is -2.96. The number of halogens is 1. The fourth-order valence-corrected chi connectivity index (χ4v) is 3.48. The molecule has 2 aliphatic heterocycles. The van der Waals surface area contributed by atoms with Gasteiger partial charge in [-0.15, -0.1) is 0 Å². The summed E-state index contributed by atoms with van der Waals surface area (Å²) < 4.78 is 77.0. The summed E-state index contributed by atoms with van der Waals surface area (Å²) in [5.74, 6) is -1.05. The molecule has 3 aromatic rings. The Balaban J connectivity index is 1.90. The van der Waals surface area contributed by atoms with Gasteiger partial charge in [0.25, 0.3) is 0 Å². The van der Waals surface area contributed by atoms with Crippen LogP contribution in [0.3, 0.4) is 0 Å². The average Bonchev–Trinajstić information content (AvgIpc) is 3.23. The second kappa shape index (κ2) is 6.58. The highest BCUT2D eigenvalue weighted by Crippen LogP contribution is 2.37. The van der Waals surface area contributed by atoms with Gasteiger partial charge < -0.3 is 10.2 Å². The third kappa shape index (κ3) is 2.82. The predicted octanol–water partition coefficient (Wildman–Crippen LogP) is 3.50. The number of nitrogens with one attached hydrogen (secondary N) is 1. The Labute approximate surface area is 172 Å². The minimum absolute atomic E-state index is 0.155. The van der Waals surface area contributed by atoms with Crippen molar-refractivity contribution in [3.05, 3.63) is 59.9 Å². The van der Waals surface area contributed by atoms with E-state index in [0.717, 1.165) is 12.3 Å². The van der Waals surface area contributed by atoms with Crippen molar-refractivity contribution < 1.29 is 14.0 Å². The molecular weight excluding hydrogens is 355 g/mol. The largest absolute Gasteiger partial charge is 0.382 e. The van der Waals surface area contributed by atoms with Crippen molar-refractivity contribution >= 4 is 17.2 Å². The van der Waals surface area contributed by atoms with Crippen LogP contribution in [0.25, 0.3) is 11.3 Å². The molecule has 0 aromatic carbocycles. The van der Waals surface area contributed by atoms with E-state index < -0.39 is 31.1 Å². The van der Waals surface area contributed by atoms with Gasteiger partial charge in [-0.05, 0) is 50.2 Å². The summed E-state index contributed by atoms with van der Waals surface area (Å²) in [4.78, 5) is 9.27. The third-order valence-electron chi connectivity index (χ3n) is 4.91. The number of hydrogen-bond donors (Lipinski definition) is 1. The quantitative estimate of drug-likeness (QED) is 0.642. The molecule has 1 N–H and O–H groups in total. The summed E-state index contributed by atoms with van der Waals surface area (Å²) in [5, 5.41) is 7.50. The molecule has 2 bridgehead atoms. The Morgan fingerprint density at radius 1 is 1.43 bits per heavy atom. The summed E-state index contributed by atoms with van der Waals surface area (Å²) >= 11 is 0. The van der Waals surface area contributed by atoms with Crippen molar-refractivity contribution in [2.75, 3.05) is 11.4 Å². The molecule has 0 aliphatic carbocycles. The van der Waals surface area contributed by atoms with E-state index in [0.29, 0.717) is 22.6 Å². The lowest BCUT2D eigenvalue weighted by Gasteiger charge is -2.27. The number of nitrogens with zero attached hydrogens (tertiary/aromatic N) is 5. The number of rotatable bonds is 0. The topological polar surface area (TPSA) is 58.4 Å². The van der Waals surface area contributed by atoms with Crippen molar-refractivity contribution in [3.8, 4) is 0 Å². The second-order valence-electron chi connectivity index (χ2n) is 6.87. The first kappa shape index (κ1) is 11.1. The Morgan fingerprint density at radius 3 is 3.21 bits per heavy atom. The third-order valence-corrected chi connectivity index (χ3v) is 4.91. The molecule has 0 saturated carbocycles. The van der Waals surface area contributed by atoms with E-state index in [9.17, 15) is 5.76 Å². The van der Waals surface area contributed by atoms with Crippen LogP contribution in [-0.2, 0) is 6.42 Å². The Kier molecular flexibility index (Phi) is 2.62. The molecule has 0 spiro atoms. The summed E-state index contributed by atoms with van der Waals surface area (Å²) in [6.45, 7) is 2.91. The maximum atomic E-state index is 14.5. The van der Waals surface area contributed by atoms with Crippen LogP contribution in [0.5, 0.6) is 0 Å². The number of aryl methyl sites for hydroxylation is 1. The zero-order valence-electron chi connectivity index (χ0n) is 22.2. The molecule has 0 amide bonds. The van der Waals surface area contributed by atoms with Gasteiger partial charge in [-0.2, -0.15) is 5.10 Å². The van der Waals surface area contributed by atoms with Crippen molar-refractivity contribution in [1.29, 1.82) is 0 Å². The van der Waals surface area contributed by atoms with Crippen LogP contribution in [0.15, 0.2) is 37.3 Å². The van der Waals surface area contributed by atoms with Crippen molar-refractivity contribution in [3.63, 3.8) is 0 Å². The van der Waals surface area contributed by atoms with Crippen LogP contribution >= 0.6 is 0 Å². The van der Waals surface area contributed by atoms with E-state index >= 15 is 0 Å². The van der Waals surface area contributed by atoms with Gasteiger partial charge in [0.05, 0.1) is 25.3 Å². The van der Waals surface area contributed by atoms with Crippen LogP contribution in [0.2, 0.25) is 0 Å². The van der Waals surface area contributed by atoms with Crippen LogP contribution < -0.4 is 10.2 Å². The maximum absolute atomic E-state index is 14.5. The maximum Gasteiger partial charge on any atom is 0.166 e. The molecule has 144 valence electrons. The first-order valence-corrected chi connectivity index (χ1v) is 8.99. The second-order valence-corrected chi connectivity index (χ2v) is 6.87. The fraction of sp³-hybridized carbons (Fsp3) is 0.381. The molecule has 1 fully saturated rings. The smallest absolute Gasteiger partial charge is 0.166 e. The van der Waals surface area contributed by atoms with Crippen LogP contribution in [-0.4, -0.2) is 32.1 Å². The van der Waals surface area contributed by atoms with E-state index in [1.165, 1.54) is 23.0 Å². The summed E-state index contributed by atoms with van der Waals surface area (Å²) in [5.41, 5.74) is 1.20. The molecule has 5 rings (SSSR count). The Bertz CT molecular complexity index is 1360. The predicted molar refractivity (Wildman–Crippen MR) is 106 cm³/mol. The molecule has 1 saturated heterocycles. The van der Waals surface area contributed by atoms with Crippen LogP contribution in [0.1, 0.15) is 58.5 Å². The minimum atomic E-state index is -3.18. The number of pyridine rings is 1. The van der Waals surface area contributed by atoms with Crippen LogP contribution in [0.4, 0.5) is 10.2 Å². The number of fused-ring (bicyclic) bond motifs is 5. The fourth-order valence-electron chi connectivity index (χ4n) is 3.48. The Morgan fingerprint density at radius 2 is 2.32 bits per heavy atom. The first-order chi connectivity index (χ1) is 16.2. The monoisotopic (exact) mass is 385 g/mol. The molecule has 2 aliphatic rings. The van der Waals surface area contributed by atoms with Gasteiger partial charge in [0, 0.05) is 38.4 Å². The van der Waals surface area contributed by atoms with Crippen molar-refractivity contribution in [2.24, 2.45) is 0 Å². The lowest BCUT2D eigenvalue weighted by Crippen LogP contribution is -2.26. The standard InChI is InChI=1S/C21H23FN6/c1-13-5-6-18-16(10-15(22)11-23-18)19-4-3-8-27(19)20-7-9-28-21(26-20)17(12-24-28)14(2)25-13/h7,9-13,19,25H,2-6,8H2,1H3/t13-,19-/m1/s1/i3D2,4D2,8D2,19D. The SMILES string of the molecule is [2H]C1([2H])N2c3ccn4ncc(c4n3)C(=C)N[C@H](C)CCc3ncc(F)cc3[C@@]2([2H])C([2H])([2H])C1([2H])[2H]. The number of hydrogen-bond acceptors (Lipinski definition) is 5. The molecule has 2 atom stereocenters. The molecule has 0 unspecified atom stereocenters. The van der Waals surface area contributed by atoms with E-state index in [1.807, 2.05) is 6.92 Å². The van der Waals surface area contributed by atoms with Gasteiger partial charge in [0.1, 0.15) is 11.6 Å². The summed E-state index contributed by atoms with van der Waals surface area (Å²) in [6, 6.07) is -0.640. The summed E-state index contributed by atoms with van der Waals surface area (Å²) in [6.07, 6.45) is -1.73. The van der Waals surface area contributed by atoms with Crippen molar-refractivity contribution in [1.82, 2.24) is 24.9 Å². The minimum Gasteiger partial charge on any atom is -0.382 e. The van der Waals surface area contributed by atoms with Gasteiger partial charge in [0.15, 0.2) is 5.65 Å². The van der Waals surface area contributed by atoms with Crippen molar-refractivity contribution in [2.45, 2.75) is 44.6 Å². The molecular formula is C21H23FN6. The molecule has 7 heteroatoms. The lowest BCUT2D eigenvalue weighted by atomic mass is 9.98. The molecule has 5 heterocycles. The van der Waals surface area contributed by atoms with Gasteiger partial charge in [0.2, 0.25) is 0 Å². The van der Waals surface area contributed by atoms with Gasteiger partial charge in [-0.3, -0.25) is 4.98 Å². The van der Waals surface area contributed by atoms with E-state index in [4.69, 9.17) is 8.22 Å². The average molecular weight is 385 g/mol. The highest BCUT2D eigenvalue weighted by molar-refractivity contribution is 5.74. The molecule has 28 heavy (non-hydrogen) atoms. The lowest BCUT2D eigenvalue weighted by molar-refractivity contribution is 0.575. The molecule has 3 aromatic heterocycles. The van der Waals surface area contributed by atoms with Gasteiger partial charge in [-0.1, -0.05) is 6.58 Å². The zero-order valence-corrected chi connectivity index (χ0v) is 15.2. The number of anilines is 1. The zero-order chi connectivity index (χ0) is 25.6. The van der Waals surface area contributed by atoms with E-state index in [-0.39, 0.29) is 35.2 Å². The first-order valence-electron chi connectivity index (χ1n) is 12.5. The van der Waals surface area contributed by atoms with Gasteiger partial charge in [-0.25, -0.2) is 13.9 Å².